The SMILES string of the molecule is C=C/C(C=C1CCC2CC(C1)N2C)=C\C=C(/C)N. The minimum atomic E-state index is 0.765. The van der Waals surface area contributed by atoms with Crippen LogP contribution in [-0.2, 0) is 0 Å². The number of nitrogens with zero attached hydrogens (tertiary/aromatic N) is 1. The lowest BCUT2D eigenvalue weighted by molar-refractivity contribution is 0.0509. The number of nitrogens with two attached hydrogens (primary N) is 1. The van der Waals surface area contributed by atoms with Gasteiger partial charge in [-0.15, -0.1) is 0 Å². The molecule has 2 nitrogen and oxygen atoms in total. The van der Waals surface area contributed by atoms with E-state index in [1.165, 1.54) is 25.7 Å². The van der Waals surface area contributed by atoms with Crippen LogP contribution >= 0.6 is 0 Å². The first kappa shape index (κ1) is 13.2. The third-order valence-corrected chi connectivity index (χ3v) is 4.14. The van der Waals surface area contributed by atoms with Gasteiger partial charge in [-0.1, -0.05) is 30.4 Å². The molecule has 0 aromatic carbocycles. The van der Waals surface area contributed by atoms with Crippen LogP contribution in [0, 0.1) is 0 Å². The summed E-state index contributed by atoms with van der Waals surface area (Å²) in [6.45, 7) is 5.78. The van der Waals surface area contributed by atoms with Crippen LogP contribution in [-0.4, -0.2) is 24.0 Å². The number of hydrogen-bond acceptors (Lipinski definition) is 2. The van der Waals surface area contributed by atoms with Crippen molar-refractivity contribution in [2.75, 3.05) is 7.05 Å². The molecule has 0 radical (unpaired) electrons. The van der Waals surface area contributed by atoms with Gasteiger partial charge in [0.05, 0.1) is 0 Å². The highest BCUT2D eigenvalue weighted by Crippen LogP contribution is 2.37. The van der Waals surface area contributed by atoms with Crippen LogP contribution in [0.2, 0.25) is 0 Å². The maximum Gasteiger partial charge on any atom is 0.0147 e. The van der Waals surface area contributed by atoms with Crippen LogP contribution < -0.4 is 5.73 Å². The van der Waals surface area contributed by atoms with Crippen molar-refractivity contribution >= 4 is 0 Å². The Kier molecular flexibility index (Phi) is 4.07. The van der Waals surface area contributed by atoms with Crippen molar-refractivity contribution in [3.8, 4) is 0 Å². The van der Waals surface area contributed by atoms with Crippen LogP contribution in [0.15, 0.2) is 47.7 Å². The second-order valence-electron chi connectivity index (χ2n) is 5.54. The molecule has 2 heterocycles. The average molecular weight is 244 g/mol. The second-order valence-corrected chi connectivity index (χ2v) is 5.54. The van der Waals surface area contributed by atoms with E-state index >= 15 is 0 Å². The highest BCUT2D eigenvalue weighted by molar-refractivity contribution is 5.36. The molecule has 3 aliphatic rings. The quantitative estimate of drug-likeness (QED) is 0.773. The van der Waals surface area contributed by atoms with E-state index in [4.69, 9.17) is 5.73 Å². The van der Waals surface area contributed by atoms with E-state index in [0.717, 1.165) is 23.4 Å². The molecule has 3 rings (SSSR count). The van der Waals surface area contributed by atoms with Crippen molar-refractivity contribution in [3.05, 3.63) is 47.7 Å². The van der Waals surface area contributed by atoms with Crippen LogP contribution in [0.5, 0.6) is 0 Å². The molecule has 98 valence electrons. The standard InChI is InChI=1S/C16H24N2/c1-4-13(6-5-12(2)17)9-14-7-8-15-11-16(10-14)18(15)3/h4-6,9,15-16H,1,7-8,10-11,17H2,2-3H3/b12-5+,13-6+,14-9?. The normalized spacial score (nSPS) is 32.0. The fourth-order valence-corrected chi connectivity index (χ4v) is 2.88. The van der Waals surface area contributed by atoms with Crippen molar-refractivity contribution in [2.45, 2.75) is 44.7 Å². The summed E-state index contributed by atoms with van der Waals surface area (Å²) in [6, 6.07) is 1.59. The molecule has 1 aliphatic carbocycles. The molecule has 0 amide bonds. The molecule has 0 aromatic rings. The highest BCUT2D eigenvalue weighted by Gasteiger charge is 2.37. The predicted molar refractivity (Wildman–Crippen MR) is 78.1 cm³/mol. The van der Waals surface area contributed by atoms with E-state index in [1.54, 1.807) is 5.57 Å². The zero-order valence-corrected chi connectivity index (χ0v) is 11.5. The predicted octanol–water partition coefficient (Wildman–Crippen LogP) is 3.14. The first-order valence-corrected chi connectivity index (χ1v) is 6.78. The van der Waals surface area contributed by atoms with Gasteiger partial charge in [-0.05, 0) is 51.3 Å². The summed E-state index contributed by atoms with van der Waals surface area (Å²) in [5.41, 5.74) is 9.20. The second kappa shape index (κ2) is 5.57. The van der Waals surface area contributed by atoms with E-state index in [2.05, 4.69) is 24.6 Å². The maximum absolute atomic E-state index is 5.66. The van der Waals surface area contributed by atoms with Gasteiger partial charge >= 0.3 is 0 Å². The summed E-state index contributed by atoms with van der Waals surface area (Å²) in [4.78, 5) is 2.53. The summed E-state index contributed by atoms with van der Waals surface area (Å²) >= 11 is 0. The fourth-order valence-electron chi connectivity index (χ4n) is 2.88. The first-order valence-electron chi connectivity index (χ1n) is 6.78. The number of allylic oxidation sites excluding steroid dienone is 6. The lowest BCUT2D eigenvalue weighted by Crippen LogP contribution is -2.51. The third-order valence-electron chi connectivity index (χ3n) is 4.14. The van der Waals surface area contributed by atoms with E-state index in [-0.39, 0.29) is 0 Å². The Labute approximate surface area is 111 Å². The molecular formula is C16H24N2. The van der Waals surface area contributed by atoms with Crippen molar-refractivity contribution in [1.82, 2.24) is 4.90 Å². The topological polar surface area (TPSA) is 29.3 Å². The Morgan fingerprint density at radius 1 is 1.39 bits per heavy atom. The van der Waals surface area contributed by atoms with Crippen LogP contribution in [0.1, 0.15) is 32.6 Å². The first-order chi connectivity index (χ1) is 8.60. The van der Waals surface area contributed by atoms with Gasteiger partial charge in [0.25, 0.3) is 0 Å². The molecule has 2 unspecified atom stereocenters. The Morgan fingerprint density at radius 3 is 2.78 bits per heavy atom. The van der Waals surface area contributed by atoms with Gasteiger partial charge in [0.15, 0.2) is 0 Å². The average Bonchev–Trinajstić information content (AvgIpc) is 2.64. The van der Waals surface area contributed by atoms with Crippen LogP contribution in [0.3, 0.4) is 0 Å². The smallest absolute Gasteiger partial charge is 0.0147 e. The van der Waals surface area contributed by atoms with Crippen molar-refractivity contribution in [1.29, 1.82) is 0 Å². The highest BCUT2D eigenvalue weighted by atomic mass is 15.2. The Balaban J connectivity index is 2.09. The minimum Gasteiger partial charge on any atom is -0.402 e. The number of hydrogen-bond donors (Lipinski definition) is 1. The third kappa shape index (κ3) is 2.94. The zero-order valence-electron chi connectivity index (χ0n) is 11.5. The van der Waals surface area contributed by atoms with Gasteiger partial charge < -0.3 is 10.6 Å². The molecule has 0 spiro atoms. The zero-order chi connectivity index (χ0) is 13.1. The van der Waals surface area contributed by atoms with Gasteiger partial charge in [0, 0.05) is 17.8 Å². The molecule has 1 saturated carbocycles. The van der Waals surface area contributed by atoms with E-state index in [1.807, 2.05) is 25.2 Å². The Bertz CT molecular complexity index is 411. The summed E-state index contributed by atoms with van der Waals surface area (Å²) in [6.07, 6.45) is 13.3. The summed E-state index contributed by atoms with van der Waals surface area (Å²) in [5.74, 6) is 0. The molecule has 2 aliphatic heterocycles. The summed E-state index contributed by atoms with van der Waals surface area (Å²) < 4.78 is 0. The molecule has 2 atom stereocenters. The van der Waals surface area contributed by atoms with Gasteiger partial charge in [-0.25, -0.2) is 0 Å². The Morgan fingerprint density at radius 2 is 2.17 bits per heavy atom. The fraction of sp³-hybridized carbons (Fsp3) is 0.500. The van der Waals surface area contributed by atoms with Crippen LogP contribution in [0.25, 0.3) is 0 Å². The van der Waals surface area contributed by atoms with Gasteiger partial charge in [-0.2, -0.15) is 0 Å². The lowest BCUT2D eigenvalue weighted by Gasteiger charge is -2.44. The summed E-state index contributed by atoms with van der Waals surface area (Å²) in [5, 5.41) is 0. The Hall–Kier alpha value is -1.28. The molecular weight excluding hydrogens is 220 g/mol. The molecule has 18 heavy (non-hydrogen) atoms. The van der Waals surface area contributed by atoms with Gasteiger partial charge in [-0.3, -0.25) is 0 Å². The molecule has 2 bridgehead atoms. The number of fused-ring (bicyclic) bond motifs is 3. The van der Waals surface area contributed by atoms with E-state index in [9.17, 15) is 0 Å². The van der Waals surface area contributed by atoms with Gasteiger partial charge in [0.1, 0.15) is 0 Å². The summed E-state index contributed by atoms with van der Waals surface area (Å²) in [7, 11) is 2.26. The lowest BCUT2D eigenvalue weighted by atomic mass is 9.92. The van der Waals surface area contributed by atoms with Gasteiger partial charge in [0.2, 0.25) is 0 Å². The molecule has 0 aromatic heterocycles. The van der Waals surface area contributed by atoms with Crippen molar-refractivity contribution in [3.63, 3.8) is 0 Å². The number of rotatable bonds is 3. The molecule has 2 N–H and O–H groups in total. The monoisotopic (exact) mass is 244 g/mol. The van der Waals surface area contributed by atoms with E-state index < -0.39 is 0 Å². The minimum absolute atomic E-state index is 0.765. The molecule has 3 fully saturated rings. The maximum atomic E-state index is 5.66. The van der Waals surface area contributed by atoms with Crippen LogP contribution in [0.4, 0.5) is 0 Å². The largest absolute Gasteiger partial charge is 0.402 e. The van der Waals surface area contributed by atoms with E-state index in [0.29, 0.717) is 0 Å². The molecule has 2 heteroatoms. The molecule has 2 saturated heterocycles. The van der Waals surface area contributed by atoms with Crippen molar-refractivity contribution < 1.29 is 0 Å². The van der Waals surface area contributed by atoms with Crippen molar-refractivity contribution in [2.24, 2.45) is 5.73 Å².